The van der Waals surface area contributed by atoms with Gasteiger partial charge in [0.25, 0.3) is 5.91 Å². The van der Waals surface area contributed by atoms with E-state index in [1.807, 2.05) is 0 Å². The number of urea groups is 1. The molecule has 3 amide bonds. The minimum Gasteiger partial charge on any atom is -0.493 e. The second-order valence-electron chi connectivity index (χ2n) is 7.83. The standard InChI is InChI=1S/C26H20Cl2N2O6/c1-35-22-12-17(10-20(28)23(22)36-14-16-3-2-4-18(9-16)25(32)33)11-21-24(31)30(26(34)29-21)13-15-5-7-19(27)8-6-15/h2-12H,13-14H2,1H3,(H,29,34)(H,32,33)/b21-11-. The van der Waals surface area contributed by atoms with Crippen LogP contribution >= 0.6 is 23.2 Å². The van der Waals surface area contributed by atoms with Gasteiger partial charge in [0.2, 0.25) is 0 Å². The van der Waals surface area contributed by atoms with Crippen LogP contribution in [0.2, 0.25) is 10.0 Å². The lowest BCUT2D eigenvalue weighted by Crippen LogP contribution is -2.30. The maximum absolute atomic E-state index is 12.9. The van der Waals surface area contributed by atoms with Gasteiger partial charge in [-0.15, -0.1) is 0 Å². The molecule has 1 saturated heterocycles. The summed E-state index contributed by atoms with van der Waals surface area (Å²) < 4.78 is 11.2. The van der Waals surface area contributed by atoms with Crippen LogP contribution in [-0.2, 0) is 17.9 Å². The van der Waals surface area contributed by atoms with Gasteiger partial charge in [0.15, 0.2) is 11.5 Å². The fraction of sp³-hybridized carbons (Fsp3) is 0.115. The van der Waals surface area contributed by atoms with E-state index in [2.05, 4.69) is 5.32 Å². The molecule has 0 saturated carbocycles. The molecule has 0 spiro atoms. The largest absolute Gasteiger partial charge is 0.493 e. The van der Waals surface area contributed by atoms with E-state index in [0.717, 1.165) is 10.5 Å². The zero-order valence-corrected chi connectivity index (χ0v) is 20.5. The van der Waals surface area contributed by atoms with Gasteiger partial charge < -0.3 is 19.9 Å². The van der Waals surface area contributed by atoms with Crippen molar-refractivity contribution in [1.82, 2.24) is 10.2 Å². The molecule has 0 radical (unpaired) electrons. The zero-order chi connectivity index (χ0) is 25.8. The number of hydrogen-bond acceptors (Lipinski definition) is 5. The predicted octanol–water partition coefficient (Wildman–Crippen LogP) is 5.37. The van der Waals surface area contributed by atoms with Crippen LogP contribution in [0, 0.1) is 0 Å². The molecule has 3 aromatic carbocycles. The van der Waals surface area contributed by atoms with Crippen molar-refractivity contribution in [3.05, 3.63) is 98.7 Å². The van der Waals surface area contributed by atoms with E-state index >= 15 is 0 Å². The molecule has 3 aromatic rings. The zero-order valence-electron chi connectivity index (χ0n) is 19.0. The van der Waals surface area contributed by atoms with Crippen molar-refractivity contribution in [2.75, 3.05) is 7.11 Å². The Morgan fingerprint density at radius 1 is 1.06 bits per heavy atom. The Morgan fingerprint density at radius 3 is 2.50 bits per heavy atom. The molecule has 1 aliphatic heterocycles. The highest BCUT2D eigenvalue weighted by molar-refractivity contribution is 6.32. The lowest BCUT2D eigenvalue weighted by molar-refractivity contribution is -0.123. The molecule has 36 heavy (non-hydrogen) atoms. The summed E-state index contributed by atoms with van der Waals surface area (Å²) in [4.78, 5) is 37.5. The predicted molar refractivity (Wildman–Crippen MR) is 134 cm³/mol. The lowest BCUT2D eigenvalue weighted by atomic mass is 10.1. The molecule has 184 valence electrons. The number of aromatic carboxylic acids is 1. The summed E-state index contributed by atoms with van der Waals surface area (Å²) in [5.41, 5.74) is 2.13. The second kappa shape index (κ2) is 10.7. The molecule has 1 heterocycles. The first-order chi connectivity index (χ1) is 17.2. The Hall–Kier alpha value is -4.01. The molecule has 4 rings (SSSR count). The summed E-state index contributed by atoms with van der Waals surface area (Å²) in [6, 6.07) is 15.9. The van der Waals surface area contributed by atoms with Crippen LogP contribution in [0.4, 0.5) is 4.79 Å². The third kappa shape index (κ3) is 5.62. The van der Waals surface area contributed by atoms with E-state index in [-0.39, 0.29) is 35.2 Å². The number of halogens is 2. The Kier molecular flexibility index (Phi) is 7.47. The number of carbonyl (C=O) groups excluding carboxylic acids is 2. The molecular weight excluding hydrogens is 507 g/mol. The lowest BCUT2D eigenvalue weighted by Gasteiger charge is -2.14. The van der Waals surface area contributed by atoms with Crippen LogP contribution in [0.3, 0.4) is 0 Å². The minimum atomic E-state index is -1.04. The number of nitrogens with zero attached hydrogens (tertiary/aromatic N) is 1. The number of imide groups is 1. The maximum Gasteiger partial charge on any atom is 0.335 e. The monoisotopic (exact) mass is 526 g/mol. The van der Waals surface area contributed by atoms with Gasteiger partial charge >= 0.3 is 12.0 Å². The number of methoxy groups -OCH3 is 1. The Balaban J connectivity index is 1.52. The molecular formula is C26H20Cl2N2O6. The summed E-state index contributed by atoms with van der Waals surface area (Å²) >= 11 is 12.3. The summed E-state index contributed by atoms with van der Waals surface area (Å²) in [5, 5.41) is 12.5. The number of carboxylic acids is 1. The third-order valence-corrected chi connectivity index (χ3v) is 5.87. The van der Waals surface area contributed by atoms with Gasteiger partial charge in [-0.25, -0.2) is 9.59 Å². The normalized spacial score (nSPS) is 14.2. The van der Waals surface area contributed by atoms with E-state index in [0.29, 0.717) is 21.9 Å². The first-order valence-corrected chi connectivity index (χ1v) is 11.4. The number of carbonyl (C=O) groups is 3. The van der Waals surface area contributed by atoms with Crippen LogP contribution in [0.5, 0.6) is 11.5 Å². The molecule has 2 N–H and O–H groups in total. The summed E-state index contributed by atoms with van der Waals surface area (Å²) in [6.45, 7) is 0.158. The maximum atomic E-state index is 12.9. The van der Waals surface area contributed by atoms with Gasteiger partial charge in [0, 0.05) is 5.02 Å². The van der Waals surface area contributed by atoms with E-state index in [1.165, 1.54) is 25.3 Å². The molecule has 0 bridgehead atoms. The topological polar surface area (TPSA) is 105 Å². The number of rotatable bonds is 8. The highest BCUT2D eigenvalue weighted by atomic mass is 35.5. The highest BCUT2D eigenvalue weighted by Crippen LogP contribution is 2.37. The molecule has 1 aliphatic rings. The van der Waals surface area contributed by atoms with Crippen LogP contribution < -0.4 is 14.8 Å². The van der Waals surface area contributed by atoms with Crippen LogP contribution in [0.25, 0.3) is 6.08 Å². The number of carboxylic acid groups (broad SMARTS) is 1. The fourth-order valence-corrected chi connectivity index (χ4v) is 3.97. The second-order valence-corrected chi connectivity index (χ2v) is 8.68. The molecule has 0 unspecified atom stereocenters. The smallest absolute Gasteiger partial charge is 0.335 e. The number of hydrogen-bond donors (Lipinski definition) is 2. The van der Waals surface area contributed by atoms with Crippen molar-refractivity contribution in [2.24, 2.45) is 0 Å². The Labute approximate surface area is 216 Å². The SMILES string of the molecule is COc1cc(/C=C2\NC(=O)N(Cc3ccc(Cl)cc3)C2=O)cc(Cl)c1OCc1cccc(C(=O)O)c1. The van der Waals surface area contributed by atoms with E-state index < -0.39 is 17.9 Å². The minimum absolute atomic E-state index is 0.0613. The van der Waals surface area contributed by atoms with Crippen molar-refractivity contribution in [3.8, 4) is 11.5 Å². The van der Waals surface area contributed by atoms with Crippen molar-refractivity contribution < 1.29 is 29.0 Å². The third-order valence-electron chi connectivity index (χ3n) is 5.34. The summed E-state index contributed by atoms with van der Waals surface area (Å²) in [7, 11) is 1.44. The Bertz CT molecular complexity index is 1370. The number of ether oxygens (including phenoxy) is 2. The van der Waals surface area contributed by atoms with Gasteiger partial charge in [-0.05, 0) is 59.2 Å². The number of nitrogens with one attached hydrogen (secondary N) is 1. The highest BCUT2D eigenvalue weighted by Gasteiger charge is 2.33. The van der Waals surface area contributed by atoms with Gasteiger partial charge in [0.05, 0.1) is 24.2 Å². The van der Waals surface area contributed by atoms with Crippen molar-refractivity contribution in [1.29, 1.82) is 0 Å². The molecule has 1 fully saturated rings. The molecule has 0 aromatic heterocycles. The van der Waals surface area contributed by atoms with Gasteiger partial charge in [-0.3, -0.25) is 9.69 Å². The summed E-state index contributed by atoms with van der Waals surface area (Å²) in [6.07, 6.45) is 1.50. The quantitative estimate of drug-likeness (QED) is 0.302. The van der Waals surface area contributed by atoms with Crippen molar-refractivity contribution >= 4 is 47.2 Å². The Morgan fingerprint density at radius 2 is 1.81 bits per heavy atom. The molecule has 8 nitrogen and oxygen atoms in total. The van der Waals surface area contributed by atoms with Crippen molar-refractivity contribution in [3.63, 3.8) is 0 Å². The van der Waals surface area contributed by atoms with Gasteiger partial charge in [-0.1, -0.05) is 47.5 Å². The first-order valence-electron chi connectivity index (χ1n) is 10.7. The van der Waals surface area contributed by atoms with E-state index in [9.17, 15) is 14.4 Å². The first kappa shape index (κ1) is 25.1. The average Bonchev–Trinajstić information content (AvgIpc) is 3.11. The number of benzene rings is 3. The van der Waals surface area contributed by atoms with Crippen LogP contribution in [-0.4, -0.2) is 35.0 Å². The summed E-state index contributed by atoms with van der Waals surface area (Å²) in [5.74, 6) is -0.958. The van der Waals surface area contributed by atoms with Gasteiger partial charge in [-0.2, -0.15) is 0 Å². The van der Waals surface area contributed by atoms with E-state index in [1.54, 1.807) is 48.5 Å². The molecule has 0 aliphatic carbocycles. The van der Waals surface area contributed by atoms with Crippen LogP contribution in [0.1, 0.15) is 27.0 Å². The van der Waals surface area contributed by atoms with Crippen LogP contribution in [0.15, 0.2) is 66.4 Å². The fourth-order valence-electron chi connectivity index (χ4n) is 3.57. The molecule has 10 heteroatoms. The van der Waals surface area contributed by atoms with E-state index in [4.69, 9.17) is 37.8 Å². The molecule has 0 atom stereocenters. The van der Waals surface area contributed by atoms with Crippen molar-refractivity contribution in [2.45, 2.75) is 13.2 Å². The number of amides is 3. The average molecular weight is 527 g/mol. The van der Waals surface area contributed by atoms with Gasteiger partial charge in [0.1, 0.15) is 12.3 Å².